The molecule has 2 heterocycles. The number of nitrogens with one attached hydrogen (secondary N) is 1. The van der Waals surface area contributed by atoms with Crippen molar-refractivity contribution < 1.29 is 14.0 Å². The van der Waals surface area contributed by atoms with Gasteiger partial charge in [0.25, 0.3) is 11.8 Å². The number of carbonyl (C=O) groups is 2. The smallest absolute Gasteiger partial charge is 0.271 e. The zero-order valence-electron chi connectivity index (χ0n) is 14.1. The average Bonchev–Trinajstić information content (AvgIpc) is 2.67. The van der Waals surface area contributed by atoms with Crippen LogP contribution in [0.4, 0.5) is 10.2 Å². The molecule has 0 radical (unpaired) electrons. The molecular weight excluding hydrogens is 361 g/mol. The zero-order valence-corrected chi connectivity index (χ0v) is 14.8. The van der Waals surface area contributed by atoms with Crippen molar-refractivity contribution in [3.63, 3.8) is 0 Å². The van der Waals surface area contributed by atoms with Gasteiger partial charge in [-0.1, -0.05) is 11.6 Å². The second-order valence-corrected chi connectivity index (χ2v) is 6.20. The minimum Gasteiger partial charge on any atom is -0.354 e. The Labute approximate surface area is 154 Å². The van der Waals surface area contributed by atoms with Gasteiger partial charge in [0.2, 0.25) is 0 Å². The summed E-state index contributed by atoms with van der Waals surface area (Å²) in [5, 5.41) is 10.7. The Bertz CT molecular complexity index is 822. The van der Waals surface area contributed by atoms with Crippen LogP contribution >= 0.6 is 11.6 Å². The van der Waals surface area contributed by atoms with E-state index >= 15 is 0 Å². The Morgan fingerprint density at radius 1 is 1.12 bits per heavy atom. The summed E-state index contributed by atoms with van der Waals surface area (Å²) in [6, 6.07) is 7.34. The van der Waals surface area contributed by atoms with Gasteiger partial charge in [-0.05, 0) is 30.3 Å². The van der Waals surface area contributed by atoms with Crippen molar-refractivity contribution in [3.8, 4) is 0 Å². The lowest BCUT2D eigenvalue weighted by molar-refractivity contribution is 0.0741. The van der Waals surface area contributed by atoms with E-state index in [4.69, 9.17) is 11.6 Å². The topological polar surface area (TPSA) is 78.4 Å². The first-order valence-electron chi connectivity index (χ1n) is 8.04. The number of nitrogens with zero attached hydrogens (tertiary/aromatic N) is 4. The van der Waals surface area contributed by atoms with Crippen molar-refractivity contribution in [2.75, 3.05) is 38.1 Å². The van der Waals surface area contributed by atoms with Crippen LogP contribution in [-0.4, -0.2) is 60.1 Å². The summed E-state index contributed by atoms with van der Waals surface area (Å²) in [4.78, 5) is 27.5. The minimum atomic E-state index is -0.624. The molecule has 0 atom stereocenters. The molecule has 136 valence electrons. The van der Waals surface area contributed by atoms with Crippen molar-refractivity contribution in [1.29, 1.82) is 0 Å². The molecule has 1 fully saturated rings. The summed E-state index contributed by atoms with van der Waals surface area (Å²) in [5.41, 5.74) is 0.251. The molecule has 0 spiro atoms. The molecule has 9 heteroatoms. The molecule has 0 unspecified atom stereocenters. The number of benzene rings is 1. The molecule has 0 saturated carbocycles. The Balaban J connectivity index is 1.63. The standard InChI is InChI=1S/C17H17ClFN5O2/c1-20-16(25)14-4-5-15(22-21-14)23-6-8-24(9-7-23)17(26)12-3-2-11(18)10-13(12)19/h2-5,10H,6-9H2,1H3,(H,20,25). The predicted molar refractivity (Wildman–Crippen MR) is 94.9 cm³/mol. The van der Waals surface area contributed by atoms with Crippen LogP contribution in [0.15, 0.2) is 30.3 Å². The first kappa shape index (κ1) is 18.1. The van der Waals surface area contributed by atoms with Crippen molar-refractivity contribution in [2.24, 2.45) is 0 Å². The van der Waals surface area contributed by atoms with Crippen LogP contribution in [0.5, 0.6) is 0 Å². The van der Waals surface area contributed by atoms with Crippen molar-refractivity contribution >= 4 is 29.2 Å². The summed E-state index contributed by atoms with van der Waals surface area (Å²) in [5.74, 6) is -0.660. The molecule has 1 aliphatic heterocycles. The maximum Gasteiger partial charge on any atom is 0.271 e. The van der Waals surface area contributed by atoms with Gasteiger partial charge in [-0.3, -0.25) is 9.59 Å². The fourth-order valence-corrected chi connectivity index (χ4v) is 2.87. The number of halogens is 2. The first-order chi connectivity index (χ1) is 12.5. The third-order valence-electron chi connectivity index (χ3n) is 4.16. The van der Waals surface area contributed by atoms with Crippen molar-refractivity contribution in [3.05, 3.63) is 52.4 Å². The summed E-state index contributed by atoms with van der Waals surface area (Å²) < 4.78 is 13.9. The lowest BCUT2D eigenvalue weighted by Crippen LogP contribution is -2.49. The van der Waals surface area contributed by atoms with Crippen LogP contribution in [0.25, 0.3) is 0 Å². The van der Waals surface area contributed by atoms with Gasteiger partial charge in [0.1, 0.15) is 5.82 Å². The van der Waals surface area contributed by atoms with Crippen molar-refractivity contribution in [2.45, 2.75) is 0 Å². The van der Waals surface area contributed by atoms with E-state index in [2.05, 4.69) is 15.5 Å². The third-order valence-corrected chi connectivity index (χ3v) is 4.40. The lowest BCUT2D eigenvalue weighted by Gasteiger charge is -2.35. The van der Waals surface area contributed by atoms with Crippen molar-refractivity contribution in [1.82, 2.24) is 20.4 Å². The maximum atomic E-state index is 13.9. The van der Waals surface area contributed by atoms with Crippen LogP contribution in [0.1, 0.15) is 20.8 Å². The Morgan fingerprint density at radius 2 is 1.85 bits per heavy atom. The van der Waals surface area contributed by atoms with E-state index in [9.17, 15) is 14.0 Å². The number of rotatable bonds is 3. The lowest BCUT2D eigenvalue weighted by atomic mass is 10.1. The molecular formula is C17H17ClFN5O2. The van der Waals surface area contributed by atoms with Crippen LogP contribution < -0.4 is 10.2 Å². The second-order valence-electron chi connectivity index (χ2n) is 5.76. The Morgan fingerprint density at radius 3 is 2.42 bits per heavy atom. The van der Waals surface area contributed by atoms with E-state index in [-0.39, 0.29) is 28.1 Å². The molecule has 1 aliphatic rings. The summed E-state index contributed by atoms with van der Waals surface area (Å²) in [6.45, 7) is 1.93. The number of aromatic nitrogens is 2. The highest BCUT2D eigenvalue weighted by Gasteiger charge is 2.25. The molecule has 0 aliphatic carbocycles. The monoisotopic (exact) mass is 377 g/mol. The highest BCUT2D eigenvalue weighted by molar-refractivity contribution is 6.30. The highest BCUT2D eigenvalue weighted by Crippen LogP contribution is 2.18. The van der Waals surface area contributed by atoms with E-state index in [1.165, 1.54) is 19.2 Å². The van der Waals surface area contributed by atoms with Gasteiger partial charge in [0.05, 0.1) is 5.56 Å². The minimum absolute atomic E-state index is 0.0116. The quantitative estimate of drug-likeness (QED) is 0.878. The Hall–Kier alpha value is -2.74. The predicted octanol–water partition coefficient (Wildman–Crippen LogP) is 1.59. The number of hydrogen-bond acceptors (Lipinski definition) is 5. The van der Waals surface area contributed by atoms with Gasteiger partial charge in [-0.25, -0.2) is 4.39 Å². The summed E-state index contributed by atoms with van der Waals surface area (Å²) in [7, 11) is 1.53. The number of anilines is 1. The summed E-state index contributed by atoms with van der Waals surface area (Å²) in [6.07, 6.45) is 0. The maximum absolute atomic E-state index is 13.9. The number of hydrogen-bond donors (Lipinski definition) is 1. The van der Waals surface area contributed by atoms with E-state index in [1.807, 2.05) is 4.90 Å². The molecule has 1 aromatic heterocycles. The molecule has 7 nitrogen and oxygen atoms in total. The summed E-state index contributed by atoms with van der Waals surface area (Å²) >= 11 is 5.72. The number of amides is 2. The van der Waals surface area contributed by atoms with Crippen LogP contribution in [0.3, 0.4) is 0 Å². The Kier molecular flexibility index (Phi) is 5.32. The SMILES string of the molecule is CNC(=O)c1ccc(N2CCN(C(=O)c3ccc(Cl)cc3F)CC2)nn1. The molecule has 1 saturated heterocycles. The molecule has 26 heavy (non-hydrogen) atoms. The van der Waals surface area contributed by atoms with Gasteiger partial charge in [0, 0.05) is 38.2 Å². The van der Waals surface area contributed by atoms with Crippen LogP contribution in [0, 0.1) is 5.82 Å². The van der Waals surface area contributed by atoms with E-state index in [0.29, 0.717) is 32.0 Å². The van der Waals surface area contributed by atoms with Gasteiger partial charge < -0.3 is 15.1 Å². The fourth-order valence-electron chi connectivity index (χ4n) is 2.71. The second kappa shape index (κ2) is 7.65. The van der Waals surface area contributed by atoms with Gasteiger partial charge in [-0.15, -0.1) is 10.2 Å². The fraction of sp³-hybridized carbons (Fsp3) is 0.294. The molecule has 0 bridgehead atoms. The third kappa shape index (κ3) is 3.75. The number of carbonyl (C=O) groups excluding carboxylic acids is 2. The van der Waals surface area contributed by atoms with E-state index < -0.39 is 5.82 Å². The van der Waals surface area contributed by atoms with E-state index in [0.717, 1.165) is 6.07 Å². The highest BCUT2D eigenvalue weighted by atomic mass is 35.5. The molecule has 1 N–H and O–H groups in total. The van der Waals surface area contributed by atoms with E-state index in [1.54, 1.807) is 17.0 Å². The van der Waals surface area contributed by atoms with Gasteiger partial charge in [0.15, 0.2) is 11.5 Å². The van der Waals surface area contributed by atoms with Gasteiger partial charge >= 0.3 is 0 Å². The molecule has 3 rings (SSSR count). The van der Waals surface area contributed by atoms with Crippen LogP contribution in [0.2, 0.25) is 5.02 Å². The molecule has 2 amide bonds. The zero-order chi connectivity index (χ0) is 18.7. The van der Waals surface area contributed by atoms with Crippen LogP contribution in [-0.2, 0) is 0 Å². The molecule has 1 aromatic carbocycles. The molecule has 2 aromatic rings. The normalized spacial score (nSPS) is 14.3. The average molecular weight is 378 g/mol. The number of piperazine rings is 1. The van der Waals surface area contributed by atoms with Gasteiger partial charge in [-0.2, -0.15) is 0 Å². The first-order valence-corrected chi connectivity index (χ1v) is 8.42. The largest absolute Gasteiger partial charge is 0.354 e.